The largest absolute Gasteiger partial charge is 0.508 e. The molecule has 26 heteroatoms. The summed E-state index contributed by atoms with van der Waals surface area (Å²) in [5, 5.41) is 75.9. The number of aliphatic hydroxyl groups excluding tert-OH is 3. The van der Waals surface area contributed by atoms with Crippen molar-refractivity contribution in [3.05, 3.63) is 29.8 Å². The number of rotatable bonds is 28. The average Bonchev–Trinajstić information content (AvgIpc) is 3.20. The molecular weight excluding hydrogens is 875 g/mol. The first-order valence-corrected chi connectivity index (χ1v) is 20.8. The number of aliphatic carboxylic acids is 2. The fourth-order valence-corrected chi connectivity index (χ4v) is 5.99. The number of benzene rings is 1. The molecule has 66 heavy (non-hydrogen) atoms. The molecule has 1 aromatic rings. The maximum Gasteiger partial charge on any atom is 0.326 e. The van der Waals surface area contributed by atoms with Crippen LogP contribution < -0.4 is 54.4 Å². The predicted octanol–water partition coefficient (Wildman–Crippen LogP) is -5.52. The van der Waals surface area contributed by atoms with Gasteiger partial charge in [0.25, 0.3) is 0 Å². The van der Waals surface area contributed by atoms with E-state index in [0.29, 0.717) is 5.56 Å². The number of nitrogens with zero attached hydrogens (tertiary/aromatic N) is 1. The fraction of sp³-hybridized carbons (Fsp3) is 0.600. The van der Waals surface area contributed by atoms with E-state index in [1.807, 2.05) is 5.32 Å². The van der Waals surface area contributed by atoms with E-state index >= 15 is 0 Å². The van der Waals surface area contributed by atoms with Crippen LogP contribution in [0.1, 0.15) is 72.8 Å². The third-order valence-corrected chi connectivity index (χ3v) is 9.52. The Hall–Kier alpha value is -6.64. The molecule has 0 aromatic heterocycles. The number of nitrogens with one attached hydrogen (secondary N) is 7. The lowest BCUT2D eigenvalue weighted by atomic mass is 10.0. The van der Waals surface area contributed by atoms with Gasteiger partial charge in [0.15, 0.2) is 5.96 Å². The van der Waals surface area contributed by atoms with Gasteiger partial charge >= 0.3 is 11.9 Å². The minimum Gasteiger partial charge on any atom is -0.508 e. The minimum atomic E-state index is -1.96. The molecule has 0 fully saturated rings. The lowest BCUT2D eigenvalue weighted by molar-refractivity contribution is -0.148. The molecule has 0 aliphatic carbocycles. The molecule has 0 saturated heterocycles. The Morgan fingerprint density at radius 1 is 0.576 bits per heavy atom. The van der Waals surface area contributed by atoms with Crippen LogP contribution in [0.5, 0.6) is 5.75 Å². The highest BCUT2D eigenvalue weighted by atomic mass is 16.4. The molecule has 0 spiro atoms. The molecule has 11 atom stereocenters. The summed E-state index contributed by atoms with van der Waals surface area (Å²) in [5.41, 5.74) is 16.7. The van der Waals surface area contributed by atoms with Crippen LogP contribution in [0.15, 0.2) is 29.3 Å². The summed E-state index contributed by atoms with van der Waals surface area (Å²) in [5.74, 6) is -11.3. The van der Waals surface area contributed by atoms with Gasteiger partial charge in [0.05, 0.1) is 30.8 Å². The number of guanidine groups is 1. The van der Waals surface area contributed by atoms with E-state index < -0.39 is 126 Å². The van der Waals surface area contributed by atoms with Crippen molar-refractivity contribution < 1.29 is 73.8 Å². The topological polar surface area (TPSA) is 450 Å². The fourth-order valence-electron chi connectivity index (χ4n) is 5.99. The first-order chi connectivity index (χ1) is 30.6. The summed E-state index contributed by atoms with van der Waals surface area (Å²) in [7, 11) is 0. The van der Waals surface area contributed by atoms with Crippen molar-refractivity contribution in [3.8, 4) is 5.75 Å². The van der Waals surface area contributed by atoms with Gasteiger partial charge in [0.1, 0.15) is 48.0 Å². The molecule has 1 rings (SSSR count). The Morgan fingerprint density at radius 2 is 0.985 bits per heavy atom. The van der Waals surface area contributed by atoms with Crippen molar-refractivity contribution in [2.75, 3.05) is 6.54 Å². The van der Waals surface area contributed by atoms with Crippen molar-refractivity contribution in [1.82, 2.24) is 37.2 Å². The summed E-state index contributed by atoms with van der Waals surface area (Å²) in [4.78, 5) is 121. The number of phenolic OH excluding ortho intramolecular Hbond substituents is 1. The predicted molar refractivity (Wildman–Crippen MR) is 233 cm³/mol. The third-order valence-electron chi connectivity index (χ3n) is 9.52. The number of carbonyl (C=O) groups excluding carboxylic acids is 7. The third kappa shape index (κ3) is 20.5. The monoisotopic (exact) mass is 939 g/mol. The molecule has 19 N–H and O–H groups in total. The highest BCUT2D eigenvalue weighted by molar-refractivity contribution is 5.98. The first kappa shape index (κ1) is 57.4. The quantitative estimate of drug-likeness (QED) is 0.0212. The second-order valence-electron chi connectivity index (χ2n) is 16.1. The summed E-state index contributed by atoms with van der Waals surface area (Å²) in [6.07, 6.45) is -6.32. The van der Waals surface area contributed by atoms with Crippen LogP contribution in [0.2, 0.25) is 0 Å². The number of nitrogens with two attached hydrogens (primary N) is 3. The zero-order valence-electron chi connectivity index (χ0n) is 37.5. The summed E-state index contributed by atoms with van der Waals surface area (Å²) in [6, 6.07) is -7.53. The van der Waals surface area contributed by atoms with Crippen LogP contribution in [-0.4, -0.2) is 163 Å². The van der Waals surface area contributed by atoms with Gasteiger partial charge in [-0.25, -0.2) is 4.79 Å². The number of carboxylic acid groups (broad SMARTS) is 2. The van der Waals surface area contributed by atoms with Crippen LogP contribution in [0.4, 0.5) is 0 Å². The van der Waals surface area contributed by atoms with Crippen LogP contribution in [0, 0.1) is 5.92 Å². The number of hydrogen-bond donors (Lipinski definition) is 16. The number of carbonyl (C=O) groups is 9. The lowest BCUT2D eigenvalue weighted by Crippen LogP contribution is -2.63. The highest BCUT2D eigenvalue weighted by Gasteiger charge is 2.37. The van der Waals surface area contributed by atoms with Gasteiger partial charge in [-0.3, -0.25) is 43.3 Å². The molecule has 0 saturated carbocycles. The average molecular weight is 940 g/mol. The van der Waals surface area contributed by atoms with Crippen LogP contribution in [0.3, 0.4) is 0 Å². The number of aromatic hydroxyl groups is 1. The zero-order chi connectivity index (χ0) is 50.6. The molecule has 7 amide bonds. The Labute approximate surface area is 380 Å². The van der Waals surface area contributed by atoms with E-state index in [9.17, 15) is 68.7 Å². The maximum atomic E-state index is 13.9. The molecule has 1 aromatic carbocycles. The van der Waals surface area contributed by atoms with Gasteiger partial charge in [-0.1, -0.05) is 26.0 Å². The van der Waals surface area contributed by atoms with E-state index in [1.54, 1.807) is 13.8 Å². The molecule has 370 valence electrons. The zero-order valence-corrected chi connectivity index (χ0v) is 37.5. The van der Waals surface area contributed by atoms with Gasteiger partial charge < -0.3 is 85.1 Å². The van der Waals surface area contributed by atoms with E-state index in [0.717, 1.165) is 13.8 Å². The SMILES string of the molecule is CC(C)CC(NC(=O)C(CCCN=C(N)N)NC(=O)C(NC(=O)C(C)N)C(C)O)C(=O)NC(C(=O)NC(Cc1ccc(O)cc1)C(=O)NC(C(=O)NC(CC(=O)O)C(=O)O)C(C)O)C(C)O. The van der Waals surface area contributed by atoms with Crippen molar-refractivity contribution in [2.24, 2.45) is 28.1 Å². The van der Waals surface area contributed by atoms with E-state index in [-0.39, 0.29) is 49.9 Å². The molecule has 11 unspecified atom stereocenters. The van der Waals surface area contributed by atoms with Gasteiger partial charge in [0, 0.05) is 13.0 Å². The molecule has 0 heterocycles. The number of aliphatic hydroxyl groups is 3. The van der Waals surface area contributed by atoms with Crippen LogP contribution in [0.25, 0.3) is 0 Å². The standard InChI is InChI=1S/C40H65N11O15/c1-17(2)14-25(46-33(59)24(8-7-13-44-40(42)43)45-36(62)29(19(4)52)49-32(58)18(3)41)34(60)50-30(20(5)53)37(63)47-26(15-22-9-11-23(55)12-10-22)35(61)51-31(21(6)54)38(64)48-27(39(65)66)16-28(56)57/h9-12,17-21,24-27,29-31,52-55H,7-8,13-16,41H2,1-6H3,(H,45,62)(H,46,59)(H,47,63)(H,48,64)(H,49,58)(H,50,60)(H,51,61)(H,56,57)(H,65,66)(H4,42,43,44). The molecule has 0 radical (unpaired) electrons. The van der Waals surface area contributed by atoms with E-state index in [4.69, 9.17) is 22.3 Å². The molecule has 26 nitrogen and oxygen atoms in total. The summed E-state index contributed by atoms with van der Waals surface area (Å²) >= 11 is 0. The van der Waals surface area contributed by atoms with Gasteiger partial charge in [0.2, 0.25) is 41.4 Å². The van der Waals surface area contributed by atoms with Gasteiger partial charge in [-0.15, -0.1) is 0 Å². The Morgan fingerprint density at radius 3 is 1.39 bits per heavy atom. The molecule has 0 bridgehead atoms. The molecular formula is C40H65N11O15. The smallest absolute Gasteiger partial charge is 0.326 e. The number of aliphatic imine (C=N–C) groups is 1. The van der Waals surface area contributed by atoms with Crippen molar-refractivity contribution in [2.45, 2.75) is 140 Å². The number of phenols is 1. The number of carboxylic acids is 2. The Bertz CT molecular complexity index is 1870. The normalized spacial score (nSPS) is 16.1. The summed E-state index contributed by atoms with van der Waals surface area (Å²) in [6.45, 7) is 8.18. The van der Waals surface area contributed by atoms with Gasteiger partial charge in [-0.05, 0) is 70.6 Å². The minimum absolute atomic E-state index is 0.0148. The Balaban J connectivity index is 3.51. The maximum absolute atomic E-state index is 13.9. The number of hydrogen-bond acceptors (Lipinski definition) is 15. The van der Waals surface area contributed by atoms with Crippen molar-refractivity contribution >= 4 is 59.2 Å². The van der Waals surface area contributed by atoms with Crippen LogP contribution >= 0.6 is 0 Å². The number of amides is 7. The van der Waals surface area contributed by atoms with Crippen LogP contribution in [-0.2, 0) is 49.6 Å². The lowest BCUT2D eigenvalue weighted by Gasteiger charge is -2.29. The molecule has 0 aliphatic heterocycles. The van der Waals surface area contributed by atoms with Crippen molar-refractivity contribution in [1.29, 1.82) is 0 Å². The second-order valence-corrected chi connectivity index (χ2v) is 16.1. The summed E-state index contributed by atoms with van der Waals surface area (Å²) < 4.78 is 0. The first-order valence-electron chi connectivity index (χ1n) is 20.8. The second kappa shape index (κ2) is 27.6. The molecule has 0 aliphatic rings. The van der Waals surface area contributed by atoms with Gasteiger partial charge in [-0.2, -0.15) is 0 Å². The highest BCUT2D eigenvalue weighted by Crippen LogP contribution is 2.13. The Kier molecular flexibility index (Phi) is 24.0. The van der Waals surface area contributed by atoms with E-state index in [1.165, 1.54) is 38.1 Å². The van der Waals surface area contributed by atoms with E-state index in [2.05, 4.69) is 36.9 Å². The van der Waals surface area contributed by atoms with Crippen molar-refractivity contribution in [3.63, 3.8) is 0 Å².